The van der Waals surface area contributed by atoms with E-state index < -0.39 is 5.97 Å². The van der Waals surface area contributed by atoms with Crippen LogP contribution in [0.2, 0.25) is 0 Å². The summed E-state index contributed by atoms with van der Waals surface area (Å²) in [5, 5.41) is 15.8. The minimum Gasteiger partial charge on any atom is -0.490 e. The molecule has 1 aromatic heterocycles. The molecule has 22 heavy (non-hydrogen) atoms. The lowest BCUT2D eigenvalue weighted by atomic mass is 9.96. The van der Waals surface area contributed by atoms with Crippen molar-refractivity contribution in [1.29, 1.82) is 0 Å². The van der Waals surface area contributed by atoms with E-state index in [2.05, 4.69) is 10.2 Å². The number of nitrogens with zero attached hydrogens (tertiary/aromatic N) is 1. The van der Waals surface area contributed by atoms with Crippen molar-refractivity contribution in [1.82, 2.24) is 10.2 Å². The minimum atomic E-state index is -1.03. The molecule has 0 fully saturated rings. The number of hydrogen-bond donors (Lipinski definition) is 2. The first-order valence-corrected chi connectivity index (χ1v) is 7.34. The predicted molar refractivity (Wildman–Crippen MR) is 78.6 cm³/mol. The average molecular weight is 300 g/mol. The van der Waals surface area contributed by atoms with E-state index in [0.717, 1.165) is 41.0 Å². The summed E-state index contributed by atoms with van der Waals surface area (Å²) >= 11 is 0. The van der Waals surface area contributed by atoms with Gasteiger partial charge in [0, 0.05) is 24.0 Å². The lowest BCUT2D eigenvalue weighted by Crippen LogP contribution is -2.07. The maximum Gasteiger partial charge on any atom is 0.353 e. The molecule has 114 valence electrons. The molecule has 6 heteroatoms. The molecular weight excluding hydrogens is 284 g/mol. The van der Waals surface area contributed by atoms with Gasteiger partial charge in [-0.1, -0.05) is 0 Å². The van der Waals surface area contributed by atoms with Crippen LogP contribution in [0, 0.1) is 0 Å². The summed E-state index contributed by atoms with van der Waals surface area (Å²) < 4.78 is 11.8. The molecule has 0 saturated carbocycles. The number of aromatic carboxylic acids is 1. The number of benzene rings is 1. The summed E-state index contributed by atoms with van der Waals surface area (Å²) in [5.74, 6) is 0.646. The van der Waals surface area contributed by atoms with Crippen molar-refractivity contribution in [2.45, 2.75) is 38.9 Å². The molecule has 4 rings (SSSR count). The van der Waals surface area contributed by atoms with Gasteiger partial charge < -0.3 is 14.6 Å². The van der Waals surface area contributed by atoms with Gasteiger partial charge in [-0.3, -0.25) is 5.10 Å². The summed E-state index contributed by atoms with van der Waals surface area (Å²) in [5.41, 5.74) is 3.67. The number of carboxylic acids is 1. The molecule has 0 amide bonds. The average Bonchev–Trinajstić information content (AvgIpc) is 3.12. The maximum absolute atomic E-state index is 11.1. The van der Waals surface area contributed by atoms with Crippen molar-refractivity contribution in [3.05, 3.63) is 29.0 Å². The van der Waals surface area contributed by atoms with Crippen LogP contribution in [0.3, 0.4) is 0 Å². The predicted octanol–water partition coefficient (Wildman–Crippen LogP) is 2.42. The Morgan fingerprint density at radius 1 is 1.27 bits per heavy atom. The summed E-state index contributed by atoms with van der Waals surface area (Å²) in [4.78, 5) is 11.1. The number of carboxylic acid groups (broad SMARTS) is 1. The van der Waals surface area contributed by atoms with Crippen molar-refractivity contribution < 1.29 is 19.4 Å². The van der Waals surface area contributed by atoms with Gasteiger partial charge in [-0.2, -0.15) is 5.10 Å². The van der Waals surface area contributed by atoms with Gasteiger partial charge in [-0.05, 0) is 26.0 Å². The molecule has 0 radical (unpaired) electrons. The third kappa shape index (κ3) is 1.87. The first-order chi connectivity index (χ1) is 10.5. The summed E-state index contributed by atoms with van der Waals surface area (Å²) in [6.07, 6.45) is 1.80. The summed E-state index contributed by atoms with van der Waals surface area (Å²) in [7, 11) is 0. The van der Waals surface area contributed by atoms with Crippen LogP contribution in [0.1, 0.15) is 35.5 Å². The van der Waals surface area contributed by atoms with Gasteiger partial charge in [0.05, 0.1) is 11.3 Å². The zero-order valence-electron chi connectivity index (χ0n) is 12.3. The number of rotatable bonds is 2. The Morgan fingerprint density at radius 2 is 2.05 bits per heavy atom. The molecule has 0 bridgehead atoms. The second-order valence-electron chi connectivity index (χ2n) is 5.95. The monoisotopic (exact) mass is 300 g/mol. The van der Waals surface area contributed by atoms with E-state index in [0.29, 0.717) is 5.69 Å². The number of nitrogens with one attached hydrogen (secondary N) is 1. The van der Waals surface area contributed by atoms with Gasteiger partial charge in [0.2, 0.25) is 0 Å². The smallest absolute Gasteiger partial charge is 0.353 e. The normalized spacial score (nSPS) is 21.9. The minimum absolute atomic E-state index is 0.0689. The van der Waals surface area contributed by atoms with Gasteiger partial charge in [0.1, 0.15) is 29.4 Å². The highest BCUT2D eigenvalue weighted by Gasteiger charge is 2.33. The van der Waals surface area contributed by atoms with Crippen LogP contribution in [-0.2, 0) is 12.8 Å². The lowest BCUT2D eigenvalue weighted by Gasteiger charge is -2.11. The maximum atomic E-state index is 11.1. The highest BCUT2D eigenvalue weighted by Crippen LogP contribution is 2.47. The van der Waals surface area contributed by atoms with E-state index in [9.17, 15) is 4.79 Å². The molecule has 0 saturated heterocycles. The Labute approximate surface area is 127 Å². The van der Waals surface area contributed by atoms with Crippen LogP contribution in [0.4, 0.5) is 0 Å². The van der Waals surface area contributed by atoms with Gasteiger partial charge in [-0.15, -0.1) is 0 Å². The van der Waals surface area contributed by atoms with E-state index >= 15 is 0 Å². The van der Waals surface area contributed by atoms with E-state index in [4.69, 9.17) is 14.6 Å². The highest BCUT2D eigenvalue weighted by molar-refractivity contribution is 5.88. The van der Waals surface area contributed by atoms with E-state index in [1.807, 2.05) is 19.9 Å². The van der Waals surface area contributed by atoms with Crippen molar-refractivity contribution in [3.63, 3.8) is 0 Å². The quantitative estimate of drug-likeness (QED) is 0.889. The van der Waals surface area contributed by atoms with Gasteiger partial charge >= 0.3 is 5.97 Å². The number of aromatic amines is 1. The van der Waals surface area contributed by atoms with Crippen molar-refractivity contribution in [3.8, 4) is 22.8 Å². The molecule has 0 spiro atoms. The fraction of sp³-hybridized carbons (Fsp3) is 0.375. The van der Waals surface area contributed by atoms with Crippen LogP contribution in [-0.4, -0.2) is 33.5 Å². The number of carbonyl (C=O) groups is 1. The zero-order valence-corrected chi connectivity index (χ0v) is 12.3. The fourth-order valence-electron chi connectivity index (χ4n) is 3.25. The molecule has 0 aliphatic carbocycles. The number of aromatic nitrogens is 2. The number of H-pyrrole nitrogens is 1. The van der Waals surface area contributed by atoms with Crippen molar-refractivity contribution in [2.75, 3.05) is 0 Å². The van der Waals surface area contributed by atoms with Gasteiger partial charge in [0.15, 0.2) is 0 Å². The van der Waals surface area contributed by atoms with Crippen LogP contribution < -0.4 is 9.47 Å². The van der Waals surface area contributed by atoms with E-state index in [-0.39, 0.29) is 17.9 Å². The molecule has 1 aromatic carbocycles. The number of fused-ring (bicyclic) bond motifs is 2. The first kappa shape index (κ1) is 13.2. The molecule has 2 atom stereocenters. The molecule has 2 aliphatic rings. The Bertz CT molecular complexity index is 744. The molecule has 2 aromatic rings. The third-order valence-electron chi connectivity index (χ3n) is 4.13. The Balaban J connectivity index is 1.92. The molecule has 2 N–H and O–H groups in total. The van der Waals surface area contributed by atoms with Gasteiger partial charge in [0.25, 0.3) is 0 Å². The number of hydrogen-bond acceptors (Lipinski definition) is 4. The largest absolute Gasteiger partial charge is 0.490 e. The topological polar surface area (TPSA) is 84.4 Å². The van der Waals surface area contributed by atoms with Crippen LogP contribution in [0.5, 0.6) is 11.5 Å². The Morgan fingerprint density at radius 3 is 2.77 bits per heavy atom. The standard InChI is InChI=1S/C16H16N2O4/c1-7-3-9-5-13-10(4-8(2)21-13)14(15(9)22-7)11-6-12(16(19)20)18-17-11/h5-8H,3-4H2,1-2H3,(H,17,18)(H,19,20). The second kappa shape index (κ2) is 4.50. The van der Waals surface area contributed by atoms with Crippen LogP contribution >= 0.6 is 0 Å². The van der Waals surface area contributed by atoms with E-state index in [1.165, 1.54) is 0 Å². The lowest BCUT2D eigenvalue weighted by molar-refractivity contribution is 0.0690. The SMILES string of the molecule is CC1Cc2c(cc3c(c2-c2cc(C(=O)O)[nH]n2)OC(C)C3)O1. The summed E-state index contributed by atoms with van der Waals surface area (Å²) in [6, 6.07) is 3.60. The third-order valence-corrected chi connectivity index (χ3v) is 4.13. The zero-order chi connectivity index (χ0) is 15.4. The molecule has 3 heterocycles. The molecule has 6 nitrogen and oxygen atoms in total. The Hall–Kier alpha value is -2.50. The van der Waals surface area contributed by atoms with E-state index in [1.54, 1.807) is 6.07 Å². The van der Waals surface area contributed by atoms with Crippen molar-refractivity contribution >= 4 is 5.97 Å². The summed E-state index contributed by atoms with van der Waals surface area (Å²) in [6.45, 7) is 4.04. The number of ether oxygens (including phenoxy) is 2. The van der Waals surface area contributed by atoms with Crippen molar-refractivity contribution in [2.24, 2.45) is 0 Å². The second-order valence-corrected chi connectivity index (χ2v) is 5.95. The highest BCUT2D eigenvalue weighted by atomic mass is 16.5. The van der Waals surface area contributed by atoms with Crippen LogP contribution in [0.25, 0.3) is 11.3 Å². The molecule has 2 aliphatic heterocycles. The Kier molecular flexibility index (Phi) is 2.69. The van der Waals surface area contributed by atoms with Crippen LogP contribution in [0.15, 0.2) is 12.1 Å². The fourth-order valence-corrected chi connectivity index (χ4v) is 3.25. The van der Waals surface area contributed by atoms with Gasteiger partial charge in [-0.25, -0.2) is 4.79 Å². The molecular formula is C16H16N2O4. The first-order valence-electron chi connectivity index (χ1n) is 7.34. The molecule has 2 unspecified atom stereocenters.